The van der Waals surface area contributed by atoms with Crippen LogP contribution in [0.3, 0.4) is 0 Å². The summed E-state index contributed by atoms with van der Waals surface area (Å²) < 4.78 is 71.9. The predicted molar refractivity (Wildman–Crippen MR) is 256 cm³/mol. The number of aliphatic hydroxyl groups is 2. The average molecular weight is 1040 g/mol. The molecule has 6 atom stereocenters. The number of hydrogen-bond donors (Lipinski definition) is 9. The Morgan fingerprint density at radius 3 is 2.30 bits per heavy atom. The Bertz CT molecular complexity index is 2790. The van der Waals surface area contributed by atoms with E-state index in [9.17, 15) is 60.6 Å². The molecule has 2 aromatic heterocycles. The second kappa shape index (κ2) is 24.1. The molecule has 0 spiro atoms. The molecule has 2 aromatic carbocycles. The van der Waals surface area contributed by atoms with Crippen LogP contribution in [0, 0.1) is 11.8 Å². The molecule has 1 fully saturated rings. The zero-order valence-electron chi connectivity index (χ0n) is 39.9. The monoisotopic (exact) mass is 1040 g/mol. The Balaban J connectivity index is 1.15. The van der Waals surface area contributed by atoms with Gasteiger partial charge in [-0.25, -0.2) is 14.5 Å². The number of amides is 7. The van der Waals surface area contributed by atoms with Crippen molar-refractivity contribution in [3.05, 3.63) is 90.1 Å². The fraction of sp³-hybridized carbons (Fsp3) is 0.447. The molecule has 11 N–H and O–H groups in total. The van der Waals surface area contributed by atoms with Crippen molar-refractivity contribution in [1.82, 2.24) is 30.5 Å². The number of urea groups is 1. The molecule has 4 aromatic rings. The van der Waals surface area contributed by atoms with Crippen LogP contribution in [0.2, 0.25) is 0 Å². The van der Waals surface area contributed by atoms with Gasteiger partial charge in [-0.2, -0.15) is 21.6 Å². The molecule has 6 rings (SSSR count). The second-order valence-corrected chi connectivity index (χ2v) is 19.4. The van der Waals surface area contributed by atoms with Gasteiger partial charge in [-0.1, -0.05) is 54.1 Å². The Hall–Kier alpha value is -7.00. The molecule has 0 radical (unpaired) electrons. The molecule has 2 aliphatic rings. The highest BCUT2D eigenvalue weighted by atomic mass is 32.2. The number of rotatable bonds is 24. The number of unbranched alkanes of at least 4 members (excludes halogenated alkanes) is 2. The molecule has 7 amide bonds. The van der Waals surface area contributed by atoms with Crippen molar-refractivity contribution in [1.29, 1.82) is 0 Å². The van der Waals surface area contributed by atoms with Crippen molar-refractivity contribution in [2.75, 3.05) is 30.3 Å². The predicted octanol–water partition coefficient (Wildman–Crippen LogP) is 1.60. The number of alkyl halides is 3. The Labute approximate surface area is 417 Å². The highest BCUT2D eigenvalue weighted by molar-refractivity contribution is 7.84. The van der Waals surface area contributed by atoms with E-state index in [1.165, 1.54) is 28.8 Å². The van der Waals surface area contributed by atoms with E-state index in [-0.39, 0.29) is 80.1 Å². The minimum atomic E-state index is -4.63. The van der Waals surface area contributed by atoms with Gasteiger partial charge in [0.2, 0.25) is 23.5 Å². The summed E-state index contributed by atoms with van der Waals surface area (Å²) in [5.41, 5.74) is 6.09. The molecule has 0 unspecified atom stereocenters. The van der Waals surface area contributed by atoms with Crippen LogP contribution in [-0.2, 0) is 51.2 Å². The van der Waals surface area contributed by atoms with Crippen LogP contribution in [0.15, 0.2) is 79.0 Å². The van der Waals surface area contributed by atoms with Crippen molar-refractivity contribution in [3.63, 3.8) is 0 Å². The highest BCUT2D eigenvalue weighted by Crippen LogP contribution is 2.33. The average Bonchev–Trinajstić information content (AvgIpc) is 4.00. The number of carbonyl (C=O) groups is 6. The number of anilines is 2. The number of hydrogen-bond acceptors (Lipinski definition) is 13. The molecule has 394 valence electrons. The molecule has 0 saturated heterocycles. The Morgan fingerprint density at radius 1 is 0.932 bits per heavy atom. The van der Waals surface area contributed by atoms with Gasteiger partial charge in [0.15, 0.2) is 0 Å². The van der Waals surface area contributed by atoms with E-state index in [0.717, 1.165) is 17.0 Å². The summed E-state index contributed by atoms with van der Waals surface area (Å²) in [5, 5.41) is 45.0. The van der Waals surface area contributed by atoms with Crippen LogP contribution in [0.1, 0.15) is 69.9 Å². The number of aromatic nitrogens is 3. The van der Waals surface area contributed by atoms with E-state index < -0.39 is 88.7 Å². The topological polar surface area (TPSA) is 323 Å². The molecule has 1 aliphatic heterocycles. The van der Waals surface area contributed by atoms with Gasteiger partial charge in [0.05, 0.1) is 36.6 Å². The number of benzene rings is 2. The maximum absolute atomic E-state index is 13.8. The summed E-state index contributed by atoms with van der Waals surface area (Å²) >= 11 is 0. The number of halogens is 3. The van der Waals surface area contributed by atoms with Crippen LogP contribution in [0.25, 0.3) is 16.9 Å². The van der Waals surface area contributed by atoms with E-state index in [2.05, 4.69) is 35.9 Å². The van der Waals surface area contributed by atoms with E-state index in [1.807, 2.05) is 0 Å². The third-order valence-corrected chi connectivity index (χ3v) is 12.8. The number of nitrogens with zero attached hydrogens (tertiary/aromatic N) is 4. The van der Waals surface area contributed by atoms with Crippen LogP contribution in [-0.4, -0.2) is 119 Å². The molecule has 3 heterocycles. The lowest BCUT2D eigenvalue weighted by Crippen LogP contribution is -2.54. The zero-order chi connectivity index (χ0) is 53.2. The number of fused-ring (bicyclic) bond motifs is 1. The summed E-state index contributed by atoms with van der Waals surface area (Å²) in [7, 11) is -4.33. The fourth-order valence-electron chi connectivity index (χ4n) is 8.44. The highest BCUT2D eigenvalue weighted by Gasteiger charge is 2.43. The summed E-state index contributed by atoms with van der Waals surface area (Å²) in [5.74, 6) is -3.30. The minimum Gasteiger partial charge on any atom is -0.390 e. The van der Waals surface area contributed by atoms with E-state index in [0.29, 0.717) is 36.2 Å². The quantitative estimate of drug-likeness (QED) is 0.0274. The lowest BCUT2D eigenvalue weighted by molar-refractivity contribution is -0.665. The standard InChI is InChI=1S/C47H58F3N11O11S/c1-27(2)41(57-37(62)11-4-3-5-20-60-39(63)16-17-40(60)64)45(68)56-33(10-7-19-53-46(51)69)44(67)54-32-14-12-28(13-15-32)25-59-21-18-36(55-35-23-30(42(65)43(35)66)26-72-73(52,70)71)61-38(59)24-34(58-61)29-8-6-9-31(22-29)47(48,49)50/h6,8-9,12-18,21-22,24,27,30,33,35,41-43,65-66H,3-5,7,10-11,19-20,23,25-26H2,1-2H3,(H8,51,52,53,54,56,57,62,67,68,69,70,71)/p+1/t30-,33+,35-,41+,42-,43+/m0/s1. The van der Waals surface area contributed by atoms with Gasteiger partial charge in [-0.15, -0.1) is 0 Å². The number of imide groups is 1. The van der Waals surface area contributed by atoms with Gasteiger partial charge >= 0.3 is 28.2 Å². The molecule has 73 heavy (non-hydrogen) atoms. The summed E-state index contributed by atoms with van der Waals surface area (Å²) in [6, 6.07) is 10.7. The van der Waals surface area contributed by atoms with Crippen molar-refractivity contribution < 1.29 is 69.3 Å². The van der Waals surface area contributed by atoms with Gasteiger partial charge < -0.3 is 42.5 Å². The van der Waals surface area contributed by atoms with Gasteiger partial charge in [-0.3, -0.25) is 33.1 Å². The van der Waals surface area contributed by atoms with Crippen molar-refractivity contribution in [2.24, 2.45) is 22.7 Å². The summed E-state index contributed by atoms with van der Waals surface area (Å²) in [4.78, 5) is 76.5. The maximum atomic E-state index is 13.8. The third-order valence-electron chi connectivity index (χ3n) is 12.3. The van der Waals surface area contributed by atoms with Gasteiger partial charge in [-0.05, 0) is 67.9 Å². The first-order valence-corrected chi connectivity index (χ1v) is 24.9. The molecule has 26 heteroatoms. The second-order valence-electron chi connectivity index (χ2n) is 18.2. The lowest BCUT2D eigenvalue weighted by atomic mass is 10.0. The van der Waals surface area contributed by atoms with Crippen LogP contribution < -0.4 is 42.0 Å². The molecular formula is C47H59F3N11O11S+. The van der Waals surface area contributed by atoms with E-state index in [4.69, 9.17) is 10.9 Å². The normalized spacial score (nSPS) is 18.8. The number of nitrogens with one attached hydrogen (secondary N) is 5. The van der Waals surface area contributed by atoms with E-state index >= 15 is 0 Å². The fourth-order valence-corrected chi connectivity index (χ4v) is 8.80. The van der Waals surface area contributed by atoms with Gasteiger partial charge in [0.25, 0.3) is 11.8 Å². The Kier molecular flexibility index (Phi) is 18.3. The van der Waals surface area contributed by atoms with Gasteiger partial charge in [0.1, 0.15) is 30.4 Å². The molecule has 1 saturated carbocycles. The first-order valence-electron chi connectivity index (χ1n) is 23.4. The van der Waals surface area contributed by atoms with Crippen LogP contribution >= 0.6 is 0 Å². The Morgan fingerprint density at radius 2 is 1.64 bits per heavy atom. The van der Waals surface area contributed by atoms with Crippen molar-refractivity contribution in [3.8, 4) is 11.3 Å². The van der Waals surface area contributed by atoms with Crippen LogP contribution in [0.4, 0.5) is 29.5 Å². The summed E-state index contributed by atoms with van der Waals surface area (Å²) in [6.45, 7) is 3.48. The SMILES string of the molecule is CC(C)[C@@H](NC(=O)CCCCCN1C(=O)C=CC1=O)C(=O)N[C@H](CCCNC(N)=O)C(=O)Nc1ccc(C[n+]2ccc(N[C@H]3C[C@@H](COS(N)(=O)=O)[C@H](O)[C@@H]3O)n3nc(-c4cccc(C(F)(F)F)c4)cc32)cc1. The molecular weight excluding hydrogens is 984 g/mol. The number of nitrogens with two attached hydrogens (primary N) is 2. The van der Waals surface area contributed by atoms with Crippen molar-refractivity contribution in [2.45, 2.75) is 102 Å². The molecule has 1 aliphatic carbocycles. The van der Waals surface area contributed by atoms with Crippen molar-refractivity contribution >= 4 is 63.0 Å². The zero-order valence-corrected chi connectivity index (χ0v) is 40.7. The van der Waals surface area contributed by atoms with Crippen LogP contribution in [0.5, 0.6) is 0 Å². The number of primary amides is 1. The molecule has 22 nitrogen and oxygen atoms in total. The first-order chi connectivity index (χ1) is 34.5. The van der Waals surface area contributed by atoms with Gasteiger partial charge in [0, 0.05) is 54.9 Å². The summed E-state index contributed by atoms with van der Waals surface area (Å²) in [6.07, 6.45) is -1.40. The smallest absolute Gasteiger partial charge is 0.390 e. The number of carbonyl (C=O) groups excluding carboxylic acids is 6. The number of aliphatic hydroxyl groups excluding tert-OH is 2. The third kappa shape index (κ3) is 15.3. The minimum absolute atomic E-state index is 0.0482. The first kappa shape index (κ1) is 55.3. The van der Waals surface area contributed by atoms with E-state index in [1.54, 1.807) is 61.0 Å². The molecule has 0 bridgehead atoms. The maximum Gasteiger partial charge on any atom is 0.416 e. The largest absolute Gasteiger partial charge is 0.416 e. The lowest BCUT2D eigenvalue weighted by Gasteiger charge is -2.25.